The highest BCUT2D eigenvalue weighted by Crippen LogP contribution is 2.30. The van der Waals surface area contributed by atoms with Crippen molar-refractivity contribution in [2.24, 2.45) is 0 Å². The molecule has 0 N–H and O–H groups in total. The van der Waals surface area contributed by atoms with Crippen molar-refractivity contribution in [1.82, 2.24) is 4.90 Å². The molecule has 3 heteroatoms. The summed E-state index contributed by atoms with van der Waals surface area (Å²) in [6.07, 6.45) is 1.37. The normalized spacial score (nSPS) is 20.2. The maximum atomic E-state index is 6.47. The lowest BCUT2D eigenvalue weighted by Gasteiger charge is -2.23. The van der Waals surface area contributed by atoms with Crippen LogP contribution < -0.4 is 0 Å². The lowest BCUT2D eigenvalue weighted by Crippen LogP contribution is -2.24. The SMILES string of the molecule is CCN1CCC(OC(c2ccccc2)c2ccc(Cl)cc2)C1. The molecule has 1 heterocycles. The van der Waals surface area contributed by atoms with E-state index >= 15 is 0 Å². The molecule has 1 fully saturated rings. The van der Waals surface area contributed by atoms with Crippen LogP contribution in [0.25, 0.3) is 0 Å². The fourth-order valence-electron chi connectivity index (χ4n) is 3.00. The van der Waals surface area contributed by atoms with Crippen molar-refractivity contribution >= 4 is 11.6 Å². The van der Waals surface area contributed by atoms with Crippen molar-refractivity contribution in [3.05, 3.63) is 70.7 Å². The first-order chi connectivity index (χ1) is 10.8. The highest BCUT2D eigenvalue weighted by atomic mass is 35.5. The molecular formula is C19H22ClNO. The van der Waals surface area contributed by atoms with Gasteiger partial charge in [-0.2, -0.15) is 0 Å². The van der Waals surface area contributed by atoms with Gasteiger partial charge in [-0.05, 0) is 36.2 Å². The fraction of sp³-hybridized carbons (Fsp3) is 0.368. The second kappa shape index (κ2) is 7.28. The second-order valence-electron chi connectivity index (χ2n) is 5.78. The summed E-state index contributed by atoms with van der Waals surface area (Å²) in [5.41, 5.74) is 2.35. The zero-order valence-electron chi connectivity index (χ0n) is 12.9. The lowest BCUT2D eigenvalue weighted by atomic mass is 10.0. The number of rotatable bonds is 5. The van der Waals surface area contributed by atoms with Crippen LogP contribution in [0.15, 0.2) is 54.6 Å². The van der Waals surface area contributed by atoms with E-state index in [1.807, 2.05) is 18.2 Å². The number of likely N-dealkylation sites (tertiary alicyclic amines) is 1. The molecule has 2 aromatic carbocycles. The van der Waals surface area contributed by atoms with Gasteiger partial charge in [0.25, 0.3) is 0 Å². The number of likely N-dealkylation sites (N-methyl/N-ethyl adjacent to an activating group) is 1. The molecule has 0 spiro atoms. The number of nitrogens with zero attached hydrogens (tertiary/aromatic N) is 1. The summed E-state index contributed by atoms with van der Waals surface area (Å²) < 4.78 is 6.47. The Hall–Kier alpha value is -1.35. The van der Waals surface area contributed by atoms with Crippen LogP contribution in [-0.4, -0.2) is 30.6 Å². The fourth-order valence-corrected chi connectivity index (χ4v) is 3.13. The van der Waals surface area contributed by atoms with Gasteiger partial charge in [0.05, 0.1) is 6.10 Å². The van der Waals surface area contributed by atoms with Crippen LogP contribution in [0.2, 0.25) is 5.02 Å². The summed E-state index contributed by atoms with van der Waals surface area (Å²) in [5.74, 6) is 0. The first-order valence-electron chi connectivity index (χ1n) is 7.94. The summed E-state index contributed by atoms with van der Waals surface area (Å²) in [6.45, 7) is 5.45. The van der Waals surface area contributed by atoms with E-state index in [0.717, 1.165) is 36.6 Å². The highest BCUT2D eigenvalue weighted by molar-refractivity contribution is 6.30. The van der Waals surface area contributed by atoms with E-state index in [4.69, 9.17) is 16.3 Å². The third kappa shape index (κ3) is 3.70. The minimum Gasteiger partial charge on any atom is -0.364 e. The number of halogens is 1. The second-order valence-corrected chi connectivity index (χ2v) is 6.22. The van der Waals surface area contributed by atoms with Crippen molar-refractivity contribution in [2.45, 2.75) is 25.6 Å². The highest BCUT2D eigenvalue weighted by Gasteiger charge is 2.26. The van der Waals surface area contributed by atoms with Gasteiger partial charge < -0.3 is 9.64 Å². The summed E-state index contributed by atoms with van der Waals surface area (Å²) in [6, 6.07) is 18.4. The minimum absolute atomic E-state index is 0.0275. The molecule has 3 rings (SSSR count). The molecule has 0 aliphatic carbocycles. The Labute approximate surface area is 137 Å². The number of benzene rings is 2. The first kappa shape index (κ1) is 15.5. The molecule has 2 nitrogen and oxygen atoms in total. The van der Waals surface area contributed by atoms with Gasteiger partial charge >= 0.3 is 0 Å². The third-order valence-electron chi connectivity index (χ3n) is 4.28. The molecule has 0 saturated carbocycles. The molecule has 22 heavy (non-hydrogen) atoms. The number of hydrogen-bond donors (Lipinski definition) is 0. The van der Waals surface area contributed by atoms with Gasteiger partial charge in [-0.15, -0.1) is 0 Å². The molecule has 1 aliphatic heterocycles. The Bertz CT molecular complexity index is 584. The zero-order chi connectivity index (χ0) is 15.4. The van der Waals surface area contributed by atoms with Crippen LogP contribution in [0, 0.1) is 0 Å². The van der Waals surface area contributed by atoms with Crippen LogP contribution in [0.3, 0.4) is 0 Å². The van der Waals surface area contributed by atoms with E-state index in [-0.39, 0.29) is 6.10 Å². The van der Waals surface area contributed by atoms with Crippen molar-refractivity contribution in [3.63, 3.8) is 0 Å². The summed E-state index contributed by atoms with van der Waals surface area (Å²) in [4.78, 5) is 2.44. The molecular weight excluding hydrogens is 294 g/mol. The van der Waals surface area contributed by atoms with Crippen molar-refractivity contribution in [2.75, 3.05) is 19.6 Å². The van der Waals surface area contributed by atoms with Crippen molar-refractivity contribution in [3.8, 4) is 0 Å². The third-order valence-corrected chi connectivity index (χ3v) is 4.53. The van der Waals surface area contributed by atoms with Gasteiger partial charge in [0, 0.05) is 18.1 Å². The molecule has 116 valence electrons. The predicted octanol–water partition coefficient (Wildman–Crippen LogP) is 4.54. The number of ether oxygens (including phenoxy) is 1. The van der Waals surface area contributed by atoms with Gasteiger partial charge in [0.15, 0.2) is 0 Å². The average Bonchev–Trinajstić information content (AvgIpc) is 3.02. The molecule has 0 bridgehead atoms. The van der Waals surface area contributed by atoms with Crippen LogP contribution in [0.4, 0.5) is 0 Å². The minimum atomic E-state index is -0.0275. The molecule has 0 amide bonds. The molecule has 1 aliphatic rings. The summed E-state index contributed by atoms with van der Waals surface area (Å²) in [5, 5.41) is 0.758. The van der Waals surface area contributed by atoms with E-state index in [1.165, 1.54) is 5.56 Å². The van der Waals surface area contributed by atoms with E-state index < -0.39 is 0 Å². The number of hydrogen-bond acceptors (Lipinski definition) is 2. The quantitative estimate of drug-likeness (QED) is 0.803. The van der Waals surface area contributed by atoms with E-state index in [0.29, 0.717) is 6.10 Å². The van der Waals surface area contributed by atoms with Gasteiger partial charge in [-0.3, -0.25) is 0 Å². The van der Waals surface area contributed by atoms with Crippen molar-refractivity contribution < 1.29 is 4.74 Å². The maximum Gasteiger partial charge on any atom is 0.108 e. The molecule has 0 radical (unpaired) electrons. The van der Waals surface area contributed by atoms with Gasteiger partial charge in [-0.25, -0.2) is 0 Å². The van der Waals surface area contributed by atoms with E-state index in [1.54, 1.807) is 0 Å². The van der Waals surface area contributed by atoms with Crippen molar-refractivity contribution in [1.29, 1.82) is 0 Å². The van der Waals surface area contributed by atoms with Gasteiger partial charge in [0.1, 0.15) is 6.10 Å². The van der Waals surface area contributed by atoms with Crippen LogP contribution in [0.1, 0.15) is 30.6 Å². The molecule has 1 saturated heterocycles. The Morgan fingerprint density at radius 2 is 1.77 bits per heavy atom. The maximum absolute atomic E-state index is 6.47. The molecule has 2 atom stereocenters. The monoisotopic (exact) mass is 315 g/mol. The summed E-state index contributed by atoms with van der Waals surface area (Å²) in [7, 11) is 0. The Morgan fingerprint density at radius 1 is 1.09 bits per heavy atom. The van der Waals surface area contributed by atoms with Crippen LogP contribution >= 0.6 is 11.6 Å². The first-order valence-corrected chi connectivity index (χ1v) is 8.32. The summed E-state index contributed by atoms with van der Waals surface area (Å²) >= 11 is 6.02. The predicted molar refractivity (Wildman–Crippen MR) is 91.3 cm³/mol. The Morgan fingerprint density at radius 3 is 2.41 bits per heavy atom. The van der Waals surface area contributed by atoms with Gasteiger partial charge in [0.2, 0.25) is 0 Å². The Balaban J connectivity index is 1.82. The molecule has 2 aromatic rings. The van der Waals surface area contributed by atoms with Crippen LogP contribution in [-0.2, 0) is 4.74 Å². The largest absolute Gasteiger partial charge is 0.364 e. The molecule has 2 unspecified atom stereocenters. The van der Waals surface area contributed by atoms with E-state index in [9.17, 15) is 0 Å². The zero-order valence-corrected chi connectivity index (χ0v) is 13.7. The lowest BCUT2D eigenvalue weighted by molar-refractivity contribution is 0.0146. The Kier molecular flexibility index (Phi) is 5.14. The topological polar surface area (TPSA) is 12.5 Å². The van der Waals surface area contributed by atoms with E-state index in [2.05, 4.69) is 48.2 Å². The smallest absolute Gasteiger partial charge is 0.108 e. The van der Waals surface area contributed by atoms with Crippen LogP contribution in [0.5, 0.6) is 0 Å². The van der Waals surface area contributed by atoms with Gasteiger partial charge in [-0.1, -0.05) is 61.0 Å². The molecule has 0 aromatic heterocycles. The standard InChI is InChI=1S/C19H22ClNO/c1-2-21-13-12-18(14-21)22-19(15-6-4-3-5-7-15)16-8-10-17(20)11-9-16/h3-11,18-19H,2,12-14H2,1H3. The average molecular weight is 316 g/mol.